The van der Waals surface area contributed by atoms with Crippen molar-refractivity contribution in [2.45, 2.75) is 19.9 Å². The fourth-order valence-corrected chi connectivity index (χ4v) is 3.14. The molecule has 1 aliphatic rings. The van der Waals surface area contributed by atoms with Crippen LogP contribution >= 0.6 is 0 Å². The molecule has 2 aromatic rings. The minimum absolute atomic E-state index is 0.0550. The van der Waals surface area contributed by atoms with Gasteiger partial charge in [-0.25, -0.2) is 4.79 Å². The van der Waals surface area contributed by atoms with Crippen molar-refractivity contribution >= 4 is 17.4 Å². The van der Waals surface area contributed by atoms with Crippen molar-refractivity contribution < 1.29 is 9.53 Å². The van der Waals surface area contributed by atoms with Gasteiger partial charge in [-0.3, -0.25) is 0 Å². The van der Waals surface area contributed by atoms with Crippen LogP contribution in [0.4, 0.5) is 16.2 Å². The predicted octanol–water partition coefficient (Wildman–Crippen LogP) is 3.75. The highest BCUT2D eigenvalue weighted by Crippen LogP contribution is 2.22. The number of nitrogens with zero attached hydrogens (tertiary/aromatic N) is 2. The Balaban J connectivity index is 1.59. The Hall–Kier alpha value is -2.69. The Morgan fingerprint density at radius 2 is 1.76 bits per heavy atom. The molecule has 1 saturated heterocycles. The fraction of sp³-hybridized carbons (Fsp3) is 0.350. The molecule has 1 heterocycles. The summed E-state index contributed by atoms with van der Waals surface area (Å²) in [5.41, 5.74) is 3.25. The van der Waals surface area contributed by atoms with Gasteiger partial charge < -0.3 is 19.9 Å². The first-order valence-electron chi connectivity index (χ1n) is 8.60. The van der Waals surface area contributed by atoms with E-state index in [0.29, 0.717) is 13.1 Å². The number of hydrogen-bond donors (Lipinski definition) is 1. The van der Waals surface area contributed by atoms with Crippen LogP contribution in [0.1, 0.15) is 12.5 Å². The quantitative estimate of drug-likeness (QED) is 0.926. The Morgan fingerprint density at radius 3 is 2.36 bits per heavy atom. The van der Waals surface area contributed by atoms with Gasteiger partial charge in [-0.1, -0.05) is 17.7 Å². The van der Waals surface area contributed by atoms with Gasteiger partial charge in [0, 0.05) is 37.1 Å². The average molecular weight is 339 g/mol. The summed E-state index contributed by atoms with van der Waals surface area (Å²) in [5, 5.41) is 2.96. The standard InChI is InChI=1S/C20H25N3O2/c1-15-4-8-18(9-5-15)23-13-12-22(14-16(23)2)20(24)21-17-6-10-19(25-3)11-7-17/h4-11,16H,12-14H2,1-3H3,(H,21,24)/t16-/m1/s1. The largest absolute Gasteiger partial charge is 0.497 e. The second-order valence-electron chi connectivity index (χ2n) is 6.48. The van der Waals surface area contributed by atoms with E-state index in [1.807, 2.05) is 29.2 Å². The van der Waals surface area contributed by atoms with E-state index < -0.39 is 0 Å². The van der Waals surface area contributed by atoms with E-state index in [1.54, 1.807) is 7.11 Å². The molecule has 0 unspecified atom stereocenters. The average Bonchev–Trinajstić information content (AvgIpc) is 2.63. The highest BCUT2D eigenvalue weighted by atomic mass is 16.5. The zero-order valence-corrected chi connectivity index (χ0v) is 15.0. The maximum Gasteiger partial charge on any atom is 0.321 e. The van der Waals surface area contributed by atoms with Gasteiger partial charge in [0.25, 0.3) is 0 Å². The number of amides is 2. The number of nitrogens with one attached hydrogen (secondary N) is 1. The number of hydrogen-bond acceptors (Lipinski definition) is 3. The SMILES string of the molecule is COc1ccc(NC(=O)N2CCN(c3ccc(C)cc3)[C@H](C)C2)cc1. The van der Waals surface area contributed by atoms with Gasteiger partial charge in [-0.15, -0.1) is 0 Å². The third-order valence-corrected chi connectivity index (χ3v) is 4.62. The number of methoxy groups -OCH3 is 1. The van der Waals surface area contributed by atoms with Gasteiger partial charge in [-0.2, -0.15) is 0 Å². The molecule has 132 valence electrons. The molecule has 1 fully saturated rings. The van der Waals surface area contributed by atoms with Crippen LogP contribution in [-0.2, 0) is 0 Å². The Kier molecular flexibility index (Phi) is 5.12. The summed E-state index contributed by atoms with van der Waals surface area (Å²) in [6, 6.07) is 16.2. The van der Waals surface area contributed by atoms with Gasteiger partial charge >= 0.3 is 6.03 Å². The Labute approximate surface area is 149 Å². The predicted molar refractivity (Wildman–Crippen MR) is 102 cm³/mol. The van der Waals surface area contributed by atoms with Crippen molar-refractivity contribution in [2.24, 2.45) is 0 Å². The van der Waals surface area contributed by atoms with E-state index in [2.05, 4.69) is 48.3 Å². The molecule has 2 amide bonds. The van der Waals surface area contributed by atoms with Crippen LogP contribution in [0.15, 0.2) is 48.5 Å². The lowest BCUT2D eigenvalue weighted by Gasteiger charge is -2.41. The monoisotopic (exact) mass is 339 g/mol. The summed E-state index contributed by atoms with van der Waals surface area (Å²) >= 11 is 0. The first-order valence-corrected chi connectivity index (χ1v) is 8.60. The number of benzene rings is 2. The second kappa shape index (κ2) is 7.47. The third kappa shape index (κ3) is 4.05. The third-order valence-electron chi connectivity index (χ3n) is 4.62. The smallest absolute Gasteiger partial charge is 0.321 e. The fourth-order valence-electron chi connectivity index (χ4n) is 3.14. The highest BCUT2D eigenvalue weighted by molar-refractivity contribution is 5.89. The molecule has 1 aliphatic heterocycles. The van der Waals surface area contributed by atoms with Crippen molar-refractivity contribution in [3.05, 3.63) is 54.1 Å². The van der Waals surface area contributed by atoms with E-state index >= 15 is 0 Å². The van der Waals surface area contributed by atoms with Crippen LogP contribution in [0.3, 0.4) is 0 Å². The molecule has 2 aromatic carbocycles. The minimum Gasteiger partial charge on any atom is -0.497 e. The number of aryl methyl sites for hydroxylation is 1. The molecule has 3 rings (SSSR count). The molecular formula is C20H25N3O2. The number of rotatable bonds is 3. The van der Waals surface area contributed by atoms with E-state index in [4.69, 9.17) is 4.74 Å². The zero-order valence-electron chi connectivity index (χ0n) is 15.0. The Bertz CT molecular complexity index is 713. The molecule has 1 N–H and O–H groups in total. The van der Waals surface area contributed by atoms with Gasteiger partial charge in [0.1, 0.15) is 5.75 Å². The van der Waals surface area contributed by atoms with Crippen LogP contribution in [-0.4, -0.2) is 43.7 Å². The first kappa shape index (κ1) is 17.1. The van der Waals surface area contributed by atoms with Crippen LogP contribution in [0.25, 0.3) is 0 Å². The van der Waals surface area contributed by atoms with E-state index in [1.165, 1.54) is 11.3 Å². The number of piperazine rings is 1. The van der Waals surface area contributed by atoms with Crippen LogP contribution in [0.2, 0.25) is 0 Å². The second-order valence-corrected chi connectivity index (χ2v) is 6.48. The summed E-state index contributed by atoms with van der Waals surface area (Å²) in [7, 11) is 1.63. The number of carbonyl (C=O) groups excluding carboxylic acids is 1. The molecule has 0 spiro atoms. The van der Waals surface area contributed by atoms with E-state index in [-0.39, 0.29) is 12.1 Å². The maximum absolute atomic E-state index is 12.5. The highest BCUT2D eigenvalue weighted by Gasteiger charge is 2.26. The molecule has 0 aliphatic carbocycles. The lowest BCUT2D eigenvalue weighted by atomic mass is 10.1. The maximum atomic E-state index is 12.5. The number of anilines is 2. The van der Waals surface area contributed by atoms with Crippen molar-refractivity contribution in [3.63, 3.8) is 0 Å². The van der Waals surface area contributed by atoms with E-state index in [9.17, 15) is 4.79 Å². The molecule has 0 bridgehead atoms. The van der Waals surface area contributed by atoms with Gasteiger partial charge in [0.2, 0.25) is 0 Å². The normalized spacial score (nSPS) is 17.3. The van der Waals surface area contributed by atoms with Crippen LogP contribution in [0.5, 0.6) is 5.75 Å². The molecule has 5 nitrogen and oxygen atoms in total. The van der Waals surface area contributed by atoms with Crippen molar-refractivity contribution in [1.82, 2.24) is 4.90 Å². The summed E-state index contributed by atoms with van der Waals surface area (Å²) in [4.78, 5) is 16.8. The van der Waals surface area contributed by atoms with Crippen molar-refractivity contribution in [1.29, 1.82) is 0 Å². The van der Waals surface area contributed by atoms with Gasteiger partial charge in [-0.05, 0) is 50.2 Å². The summed E-state index contributed by atoms with van der Waals surface area (Å²) < 4.78 is 5.14. The number of ether oxygens (including phenoxy) is 1. The molecule has 5 heteroatoms. The molecule has 0 saturated carbocycles. The molecule has 25 heavy (non-hydrogen) atoms. The van der Waals surface area contributed by atoms with E-state index in [0.717, 1.165) is 18.0 Å². The molecule has 1 atom stereocenters. The zero-order chi connectivity index (χ0) is 17.8. The van der Waals surface area contributed by atoms with Crippen molar-refractivity contribution in [3.8, 4) is 5.75 Å². The summed E-state index contributed by atoms with van der Waals surface area (Å²) in [6.45, 7) is 6.50. The van der Waals surface area contributed by atoms with Crippen LogP contribution < -0.4 is 15.0 Å². The van der Waals surface area contributed by atoms with Gasteiger partial charge in [0.05, 0.1) is 7.11 Å². The van der Waals surface area contributed by atoms with Crippen molar-refractivity contribution in [2.75, 3.05) is 37.0 Å². The van der Waals surface area contributed by atoms with Crippen LogP contribution in [0, 0.1) is 6.92 Å². The summed E-state index contributed by atoms with van der Waals surface area (Å²) in [5.74, 6) is 0.776. The molecular weight excluding hydrogens is 314 g/mol. The molecule has 0 radical (unpaired) electrons. The topological polar surface area (TPSA) is 44.8 Å². The number of urea groups is 1. The number of carbonyl (C=O) groups is 1. The first-order chi connectivity index (χ1) is 12.1. The van der Waals surface area contributed by atoms with Gasteiger partial charge in [0.15, 0.2) is 0 Å². The summed E-state index contributed by atoms with van der Waals surface area (Å²) in [6.07, 6.45) is 0. The molecule has 0 aromatic heterocycles. The Morgan fingerprint density at radius 1 is 1.08 bits per heavy atom. The minimum atomic E-state index is -0.0550. The lowest BCUT2D eigenvalue weighted by molar-refractivity contribution is 0.200. The lowest BCUT2D eigenvalue weighted by Crippen LogP contribution is -2.54.